The van der Waals surface area contributed by atoms with E-state index >= 15 is 0 Å². The number of alkyl halides is 3. The first kappa shape index (κ1) is 19.3. The monoisotopic (exact) mass is 427 g/mol. The van der Waals surface area contributed by atoms with Gasteiger partial charge in [0.25, 0.3) is 5.91 Å². The molecule has 0 bridgehead atoms. The largest absolute Gasteiger partial charge is 0.352 e. The summed E-state index contributed by atoms with van der Waals surface area (Å²) in [6.45, 7) is 0. The van der Waals surface area contributed by atoms with Crippen LogP contribution in [0.3, 0.4) is 0 Å². The summed E-state index contributed by atoms with van der Waals surface area (Å²) in [6, 6.07) is 10.9. The summed E-state index contributed by atoms with van der Waals surface area (Å²) in [4.78, 5) is 13.6. The number of aryl methyl sites for hydroxylation is 1. The lowest BCUT2D eigenvalue weighted by Crippen LogP contribution is -2.49. The van der Waals surface area contributed by atoms with Crippen molar-refractivity contribution in [1.82, 2.24) is 5.32 Å². The summed E-state index contributed by atoms with van der Waals surface area (Å²) >= 11 is 19.7. The maximum Gasteiger partial charge on any atom is 0.252 e. The number of anilines is 1. The molecule has 0 unspecified atom stereocenters. The first-order chi connectivity index (χ1) is 12.4. The quantitative estimate of drug-likeness (QED) is 0.530. The molecule has 1 heterocycles. The number of halogens is 3. The Kier molecular flexibility index (Phi) is 5.99. The van der Waals surface area contributed by atoms with Crippen molar-refractivity contribution in [2.45, 2.75) is 35.6 Å². The molecule has 0 saturated heterocycles. The number of hydrogen-bond acceptors (Lipinski definition) is 4. The second kappa shape index (κ2) is 8.06. The molecule has 4 nitrogen and oxygen atoms in total. The van der Waals surface area contributed by atoms with E-state index in [4.69, 9.17) is 34.8 Å². The van der Waals surface area contributed by atoms with Crippen LogP contribution in [0, 0.1) is 11.3 Å². The zero-order valence-corrected chi connectivity index (χ0v) is 16.8. The third-order valence-corrected chi connectivity index (χ3v) is 6.07. The predicted octanol–water partition coefficient (Wildman–Crippen LogP) is 5.04. The zero-order chi connectivity index (χ0) is 18.7. The molecule has 1 aromatic carbocycles. The minimum absolute atomic E-state index is 0.366. The second-order valence-electron chi connectivity index (χ2n) is 5.99. The van der Waals surface area contributed by atoms with Gasteiger partial charge >= 0.3 is 0 Å². The van der Waals surface area contributed by atoms with E-state index in [0.717, 1.165) is 31.2 Å². The van der Waals surface area contributed by atoms with Gasteiger partial charge in [-0.1, -0.05) is 53.0 Å². The number of rotatable bonds is 4. The van der Waals surface area contributed by atoms with Gasteiger partial charge in [-0.05, 0) is 43.4 Å². The molecule has 0 spiro atoms. The number of thiophene rings is 1. The molecule has 0 radical (unpaired) electrons. The van der Waals surface area contributed by atoms with E-state index in [1.54, 1.807) is 24.3 Å². The molecule has 0 fully saturated rings. The third kappa shape index (κ3) is 4.27. The Morgan fingerprint density at radius 1 is 1.19 bits per heavy atom. The van der Waals surface area contributed by atoms with Crippen molar-refractivity contribution in [2.75, 3.05) is 5.32 Å². The molecule has 2 aromatic rings. The number of carbonyl (C=O) groups is 1. The lowest BCUT2D eigenvalue weighted by molar-refractivity contribution is 0.0942. The highest BCUT2D eigenvalue weighted by atomic mass is 35.6. The van der Waals surface area contributed by atoms with Gasteiger partial charge in [0.15, 0.2) is 0 Å². The zero-order valence-electron chi connectivity index (χ0n) is 13.7. The molecule has 0 aliphatic heterocycles. The van der Waals surface area contributed by atoms with Gasteiger partial charge in [-0.3, -0.25) is 4.79 Å². The molecular weight excluding hydrogens is 413 g/mol. The summed E-state index contributed by atoms with van der Waals surface area (Å²) in [5.74, 6) is -0.366. The van der Waals surface area contributed by atoms with Crippen LogP contribution in [-0.2, 0) is 12.8 Å². The van der Waals surface area contributed by atoms with Crippen molar-refractivity contribution in [1.29, 1.82) is 5.26 Å². The molecule has 8 heteroatoms. The maximum atomic E-state index is 12.5. The Morgan fingerprint density at radius 3 is 2.54 bits per heavy atom. The van der Waals surface area contributed by atoms with Crippen LogP contribution in [0.15, 0.2) is 30.3 Å². The Hall–Kier alpha value is -1.45. The average Bonchev–Trinajstić information content (AvgIpc) is 2.98. The fourth-order valence-corrected chi connectivity index (χ4v) is 4.52. The summed E-state index contributed by atoms with van der Waals surface area (Å²) in [7, 11) is 0. The molecule has 1 atom stereocenters. The van der Waals surface area contributed by atoms with Crippen LogP contribution in [-0.4, -0.2) is 15.9 Å². The number of nitrogens with one attached hydrogen (secondary N) is 2. The number of nitriles is 1. The van der Waals surface area contributed by atoms with Crippen molar-refractivity contribution in [3.05, 3.63) is 51.9 Å². The van der Waals surface area contributed by atoms with Crippen molar-refractivity contribution < 1.29 is 4.79 Å². The summed E-state index contributed by atoms with van der Waals surface area (Å²) in [5, 5.41) is 16.0. The maximum absolute atomic E-state index is 12.5. The topological polar surface area (TPSA) is 64.9 Å². The van der Waals surface area contributed by atoms with Crippen LogP contribution in [0.5, 0.6) is 0 Å². The highest BCUT2D eigenvalue weighted by molar-refractivity contribution is 7.16. The molecule has 1 aliphatic rings. The number of benzene rings is 1. The smallest absolute Gasteiger partial charge is 0.252 e. The van der Waals surface area contributed by atoms with Gasteiger partial charge in [0.1, 0.15) is 17.2 Å². The summed E-state index contributed by atoms with van der Waals surface area (Å²) in [6.07, 6.45) is 3.02. The van der Waals surface area contributed by atoms with E-state index in [2.05, 4.69) is 16.7 Å². The number of fused-ring (bicyclic) bond motifs is 1. The summed E-state index contributed by atoms with van der Waals surface area (Å²) in [5.41, 5.74) is 2.11. The molecule has 0 saturated carbocycles. The summed E-state index contributed by atoms with van der Waals surface area (Å²) < 4.78 is -1.79. The van der Waals surface area contributed by atoms with E-state index in [1.807, 2.05) is 6.07 Å². The van der Waals surface area contributed by atoms with Crippen LogP contribution in [0.4, 0.5) is 5.00 Å². The highest BCUT2D eigenvalue weighted by Crippen LogP contribution is 2.40. The molecular formula is C18H16Cl3N3OS. The Balaban J connectivity index is 1.85. The van der Waals surface area contributed by atoms with Gasteiger partial charge in [0, 0.05) is 10.4 Å². The fraction of sp³-hybridized carbons (Fsp3) is 0.333. The Bertz CT molecular complexity index is 840. The first-order valence-corrected chi connectivity index (χ1v) is 10.1. The first-order valence-electron chi connectivity index (χ1n) is 8.14. The standard InChI is InChI=1S/C18H16Cl3N3OS/c19-18(20,21)17(23-15(25)11-6-2-1-3-7-11)24-16-13(10-22)12-8-4-5-9-14(12)26-16/h1-3,6-7,17,24H,4-5,8-9H2,(H,23,25)/t17-/m0/s1. The Morgan fingerprint density at radius 2 is 1.88 bits per heavy atom. The van der Waals surface area contributed by atoms with E-state index in [1.165, 1.54) is 16.2 Å². The van der Waals surface area contributed by atoms with Crippen LogP contribution < -0.4 is 10.6 Å². The van der Waals surface area contributed by atoms with Gasteiger partial charge in [-0.15, -0.1) is 11.3 Å². The second-order valence-corrected chi connectivity index (χ2v) is 9.46. The average molecular weight is 429 g/mol. The van der Waals surface area contributed by atoms with Crippen molar-refractivity contribution >= 4 is 57.0 Å². The van der Waals surface area contributed by atoms with Crippen molar-refractivity contribution in [3.8, 4) is 6.07 Å². The number of amides is 1. The van der Waals surface area contributed by atoms with Crippen LogP contribution in [0.2, 0.25) is 0 Å². The Labute approximate surface area is 171 Å². The highest BCUT2D eigenvalue weighted by Gasteiger charge is 2.35. The normalized spacial score (nSPS) is 14.8. The van der Waals surface area contributed by atoms with Gasteiger partial charge < -0.3 is 10.6 Å². The third-order valence-electron chi connectivity index (χ3n) is 4.20. The lowest BCUT2D eigenvalue weighted by atomic mass is 9.96. The molecule has 2 N–H and O–H groups in total. The van der Waals surface area contributed by atoms with Crippen LogP contribution in [0.1, 0.15) is 39.2 Å². The minimum Gasteiger partial charge on any atom is -0.352 e. The SMILES string of the molecule is N#Cc1c(N[C@H](NC(=O)c2ccccc2)C(Cl)(Cl)Cl)sc2c1CCCC2. The fourth-order valence-electron chi connectivity index (χ4n) is 2.92. The van der Waals surface area contributed by atoms with Crippen molar-refractivity contribution in [3.63, 3.8) is 0 Å². The van der Waals surface area contributed by atoms with Gasteiger partial charge in [-0.2, -0.15) is 5.26 Å². The number of nitrogens with zero attached hydrogens (tertiary/aromatic N) is 1. The molecule has 1 aromatic heterocycles. The van der Waals surface area contributed by atoms with Crippen LogP contribution >= 0.6 is 46.1 Å². The molecule has 3 rings (SSSR count). The predicted molar refractivity (Wildman–Crippen MR) is 107 cm³/mol. The van der Waals surface area contributed by atoms with Gasteiger partial charge in [0.2, 0.25) is 3.79 Å². The van der Waals surface area contributed by atoms with Gasteiger partial charge in [-0.25, -0.2) is 0 Å². The number of hydrogen-bond donors (Lipinski definition) is 2. The van der Waals surface area contributed by atoms with E-state index in [0.29, 0.717) is 16.1 Å². The number of carbonyl (C=O) groups excluding carboxylic acids is 1. The molecule has 136 valence electrons. The minimum atomic E-state index is -1.79. The van der Waals surface area contributed by atoms with E-state index < -0.39 is 9.96 Å². The van der Waals surface area contributed by atoms with Gasteiger partial charge in [0.05, 0.1) is 5.56 Å². The van der Waals surface area contributed by atoms with E-state index in [-0.39, 0.29) is 5.91 Å². The molecule has 26 heavy (non-hydrogen) atoms. The van der Waals surface area contributed by atoms with E-state index in [9.17, 15) is 10.1 Å². The molecule has 1 aliphatic carbocycles. The molecule has 1 amide bonds. The van der Waals surface area contributed by atoms with Crippen molar-refractivity contribution in [2.24, 2.45) is 0 Å². The van der Waals surface area contributed by atoms with Crippen LogP contribution in [0.25, 0.3) is 0 Å². The lowest BCUT2D eigenvalue weighted by Gasteiger charge is -2.27.